The maximum atomic E-state index is 15.1. The molecule has 4 aromatic rings. The molecule has 0 atom stereocenters. The quantitative estimate of drug-likeness (QED) is 0.361. The van der Waals surface area contributed by atoms with Crippen molar-refractivity contribution < 1.29 is 9.13 Å². The Balaban J connectivity index is 1.50. The molecule has 0 radical (unpaired) electrons. The number of rotatable bonds is 7. The molecule has 0 aliphatic heterocycles. The summed E-state index contributed by atoms with van der Waals surface area (Å²) >= 11 is 3.67. The molecule has 1 fully saturated rings. The van der Waals surface area contributed by atoms with Gasteiger partial charge in [0.15, 0.2) is 11.6 Å². The number of nitrogens with two attached hydrogens (primary N) is 1. The van der Waals surface area contributed by atoms with Crippen LogP contribution < -0.4 is 15.8 Å². The lowest BCUT2D eigenvalue weighted by atomic mass is 10.1. The van der Waals surface area contributed by atoms with E-state index in [0.29, 0.717) is 51.6 Å². The van der Waals surface area contributed by atoms with Gasteiger partial charge in [-0.15, -0.1) is 0 Å². The normalized spacial score (nSPS) is 14.2. The molecule has 0 saturated heterocycles. The van der Waals surface area contributed by atoms with E-state index in [1.54, 1.807) is 24.3 Å². The third kappa shape index (κ3) is 4.08. The van der Waals surface area contributed by atoms with Crippen LogP contribution in [0.3, 0.4) is 0 Å². The molecule has 3 aromatic heterocycles. The van der Waals surface area contributed by atoms with E-state index in [1.807, 2.05) is 17.6 Å². The van der Waals surface area contributed by atoms with E-state index in [-0.39, 0.29) is 5.75 Å². The van der Waals surface area contributed by atoms with Gasteiger partial charge in [0.05, 0.1) is 16.1 Å². The molecular formula is C24H21BrFN7O. The number of hydrogen-bond donors (Lipinski definition) is 2. The van der Waals surface area contributed by atoms with Gasteiger partial charge in [-0.05, 0) is 59.5 Å². The fourth-order valence-corrected chi connectivity index (χ4v) is 4.69. The predicted octanol–water partition coefficient (Wildman–Crippen LogP) is 4.72. The maximum absolute atomic E-state index is 15.1. The third-order valence-electron chi connectivity index (χ3n) is 5.87. The van der Waals surface area contributed by atoms with Crippen molar-refractivity contribution in [3.8, 4) is 28.8 Å². The van der Waals surface area contributed by atoms with Gasteiger partial charge in [0.25, 0.3) is 0 Å². The summed E-state index contributed by atoms with van der Waals surface area (Å²) in [6, 6.07) is 12.4. The summed E-state index contributed by atoms with van der Waals surface area (Å²) in [6.07, 6.45) is 3.11. The third-order valence-corrected chi connectivity index (χ3v) is 6.69. The Kier molecular flexibility index (Phi) is 5.67. The van der Waals surface area contributed by atoms with Gasteiger partial charge >= 0.3 is 0 Å². The number of aromatic nitrogens is 4. The number of nitrogens with zero attached hydrogens (tertiary/aromatic N) is 5. The smallest absolute Gasteiger partial charge is 0.219 e. The van der Waals surface area contributed by atoms with Crippen LogP contribution >= 0.6 is 15.9 Å². The number of nitrogen functional groups attached to an aromatic ring is 1. The maximum Gasteiger partial charge on any atom is 0.219 e. The molecule has 1 aromatic carbocycles. The molecule has 3 heterocycles. The van der Waals surface area contributed by atoms with Crippen LogP contribution in [0.15, 0.2) is 47.3 Å². The fourth-order valence-electron chi connectivity index (χ4n) is 3.92. The number of pyridine rings is 1. The molecule has 0 spiro atoms. The summed E-state index contributed by atoms with van der Waals surface area (Å²) < 4.78 is 23.4. The van der Waals surface area contributed by atoms with Crippen molar-refractivity contribution in [2.24, 2.45) is 0 Å². The molecule has 5 rings (SSSR count). The Morgan fingerprint density at radius 3 is 2.82 bits per heavy atom. The van der Waals surface area contributed by atoms with E-state index in [9.17, 15) is 5.26 Å². The number of halogens is 2. The summed E-state index contributed by atoms with van der Waals surface area (Å²) in [6.45, 7) is 2.95. The molecule has 172 valence electrons. The number of hydrogen-bond acceptors (Lipinski definition) is 7. The Hall–Kier alpha value is -3.55. The highest BCUT2D eigenvalue weighted by Crippen LogP contribution is 2.41. The molecule has 10 heteroatoms. The van der Waals surface area contributed by atoms with E-state index in [4.69, 9.17) is 10.5 Å². The van der Waals surface area contributed by atoms with Crippen LogP contribution in [0, 0.1) is 24.1 Å². The zero-order valence-corrected chi connectivity index (χ0v) is 19.9. The van der Waals surface area contributed by atoms with Gasteiger partial charge in [-0.2, -0.15) is 5.26 Å². The van der Waals surface area contributed by atoms with Gasteiger partial charge in [-0.3, -0.25) is 5.32 Å². The van der Waals surface area contributed by atoms with Gasteiger partial charge < -0.3 is 15.0 Å². The highest BCUT2D eigenvalue weighted by molar-refractivity contribution is 9.10. The molecule has 1 aliphatic rings. The molecule has 3 N–H and O–H groups in total. The Morgan fingerprint density at radius 2 is 2.12 bits per heavy atom. The molecular weight excluding hydrogens is 501 g/mol. The van der Waals surface area contributed by atoms with E-state index in [0.717, 1.165) is 18.5 Å². The highest BCUT2D eigenvalue weighted by Gasteiger charge is 2.42. The minimum atomic E-state index is -0.532. The zero-order valence-electron chi connectivity index (χ0n) is 18.3. The summed E-state index contributed by atoms with van der Waals surface area (Å²) in [5, 5.41) is 13.2. The first-order chi connectivity index (χ1) is 16.4. The predicted molar refractivity (Wildman–Crippen MR) is 130 cm³/mol. The molecule has 0 amide bonds. The Bertz CT molecular complexity index is 1440. The average molecular weight is 522 g/mol. The lowest BCUT2D eigenvalue weighted by molar-refractivity contribution is 0.427. The molecule has 8 nitrogen and oxygen atoms in total. The number of ether oxygens (including phenoxy) is 1. The van der Waals surface area contributed by atoms with E-state index < -0.39 is 11.4 Å². The first kappa shape index (κ1) is 22.3. The van der Waals surface area contributed by atoms with Crippen LogP contribution in [-0.4, -0.2) is 31.6 Å². The van der Waals surface area contributed by atoms with Crippen molar-refractivity contribution in [1.82, 2.24) is 24.8 Å². The van der Waals surface area contributed by atoms with Crippen molar-refractivity contribution in [2.75, 3.05) is 12.3 Å². The van der Waals surface area contributed by atoms with Crippen LogP contribution in [0.5, 0.6) is 11.6 Å². The first-order valence-electron chi connectivity index (χ1n) is 10.8. The van der Waals surface area contributed by atoms with Gasteiger partial charge in [0, 0.05) is 30.4 Å². The van der Waals surface area contributed by atoms with Crippen LogP contribution in [0.1, 0.15) is 18.5 Å². The van der Waals surface area contributed by atoms with Crippen molar-refractivity contribution in [3.63, 3.8) is 0 Å². The summed E-state index contributed by atoms with van der Waals surface area (Å²) in [4.78, 5) is 12.8. The molecule has 0 bridgehead atoms. The van der Waals surface area contributed by atoms with Crippen LogP contribution in [0.25, 0.3) is 22.2 Å². The molecule has 34 heavy (non-hydrogen) atoms. The van der Waals surface area contributed by atoms with E-state index in [1.165, 1.54) is 12.4 Å². The summed E-state index contributed by atoms with van der Waals surface area (Å²) in [5.41, 5.74) is 8.49. The number of aryl methyl sites for hydroxylation is 1. The lowest BCUT2D eigenvalue weighted by Crippen LogP contribution is -2.32. The van der Waals surface area contributed by atoms with Crippen LogP contribution in [0.4, 0.5) is 10.2 Å². The monoisotopic (exact) mass is 521 g/mol. The lowest BCUT2D eigenvalue weighted by Gasteiger charge is -2.11. The largest absolute Gasteiger partial charge is 0.436 e. The second-order valence-electron chi connectivity index (χ2n) is 8.26. The Morgan fingerprint density at radius 1 is 1.29 bits per heavy atom. The minimum absolute atomic E-state index is 0.0707. The molecule has 1 aliphatic carbocycles. The van der Waals surface area contributed by atoms with Crippen LogP contribution in [0.2, 0.25) is 0 Å². The van der Waals surface area contributed by atoms with E-state index >= 15 is 4.39 Å². The zero-order chi connectivity index (χ0) is 23.9. The second kappa shape index (κ2) is 8.66. The first-order valence-corrected chi connectivity index (χ1v) is 11.6. The van der Waals surface area contributed by atoms with Gasteiger partial charge in [0.1, 0.15) is 23.3 Å². The standard InChI is InChI=1S/C24H21BrFN7O/c1-14-3-2-4-18(32-14)34-17-6-5-15(11-16(17)26)19-20-22(28)29-13-30-23(20)33(21(19)25)10-9-31-24(12-27)7-8-24/h2-6,11,13,31H,7-10H2,1H3,(H2,28,29,30). The second-order valence-corrected chi connectivity index (χ2v) is 9.01. The van der Waals surface area contributed by atoms with Crippen LogP contribution in [-0.2, 0) is 6.54 Å². The van der Waals surface area contributed by atoms with Crippen molar-refractivity contribution in [3.05, 3.63) is 58.8 Å². The highest BCUT2D eigenvalue weighted by atomic mass is 79.9. The average Bonchev–Trinajstić information content (AvgIpc) is 3.54. The van der Waals surface area contributed by atoms with Gasteiger partial charge in [-0.25, -0.2) is 19.3 Å². The van der Waals surface area contributed by atoms with Gasteiger partial charge in [0.2, 0.25) is 5.88 Å². The molecule has 1 saturated carbocycles. The van der Waals surface area contributed by atoms with Crippen molar-refractivity contribution in [1.29, 1.82) is 5.26 Å². The fraction of sp³-hybridized carbons (Fsp3) is 0.250. The van der Waals surface area contributed by atoms with E-state index in [2.05, 4.69) is 42.3 Å². The number of fused-ring (bicyclic) bond motifs is 1. The summed E-state index contributed by atoms with van der Waals surface area (Å²) in [7, 11) is 0. The minimum Gasteiger partial charge on any atom is -0.436 e. The topological polar surface area (TPSA) is 115 Å². The van der Waals surface area contributed by atoms with Crippen molar-refractivity contribution >= 4 is 32.8 Å². The molecule has 0 unspecified atom stereocenters. The number of anilines is 1. The Labute approximate surface area is 203 Å². The van der Waals surface area contributed by atoms with Crippen molar-refractivity contribution in [2.45, 2.75) is 31.8 Å². The number of nitriles is 1. The summed E-state index contributed by atoms with van der Waals surface area (Å²) in [5.74, 6) is 0.157. The SMILES string of the molecule is Cc1cccc(Oc2ccc(-c3c(Br)n(CCNC4(C#N)CC4)c4ncnc(N)c34)cc2F)n1. The van der Waals surface area contributed by atoms with Gasteiger partial charge in [-0.1, -0.05) is 12.1 Å². The number of benzene rings is 1. The number of nitrogens with one attached hydrogen (secondary N) is 1.